The molecular formula is C25H26N2O6. The van der Waals surface area contributed by atoms with Crippen LogP contribution in [-0.2, 0) is 0 Å². The normalized spacial score (nSPS) is 10.2. The van der Waals surface area contributed by atoms with Crippen LogP contribution in [0.3, 0.4) is 0 Å². The zero-order chi connectivity index (χ0) is 24.0. The first-order chi connectivity index (χ1) is 15.9. The van der Waals surface area contributed by atoms with Crippen molar-refractivity contribution in [2.24, 2.45) is 0 Å². The highest BCUT2D eigenvalue weighted by Crippen LogP contribution is 2.30. The molecule has 0 heterocycles. The van der Waals surface area contributed by atoms with Gasteiger partial charge in [-0.15, -0.1) is 0 Å². The van der Waals surface area contributed by atoms with Gasteiger partial charge in [0.25, 0.3) is 11.8 Å². The fourth-order valence-corrected chi connectivity index (χ4v) is 3.22. The van der Waals surface area contributed by atoms with Gasteiger partial charge >= 0.3 is 0 Å². The van der Waals surface area contributed by atoms with Crippen molar-refractivity contribution < 1.29 is 28.5 Å². The second-order valence-electron chi connectivity index (χ2n) is 7.09. The van der Waals surface area contributed by atoms with E-state index in [1.165, 1.54) is 28.4 Å². The highest BCUT2D eigenvalue weighted by Gasteiger charge is 2.18. The van der Waals surface area contributed by atoms with Crippen LogP contribution in [0, 0.1) is 6.92 Å². The quantitative estimate of drug-likeness (QED) is 0.523. The number of aryl methyl sites for hydroxylation is 1. The molecular weight excluding hydrogens is 424 g/mol. The van der Waals surface area contributed by atoms with E-state index in [1.807, 2.05) is 13.0 Å². The van der Waals surface area contributed by atoms with Crippen molar-refractivity contribution in [3.63, 3.8) is 0 Å². The van der Waals surface area contributed by atoms with Gasteiger partial charge in [-0.1, -0.05) is 6.07 Å². The van der Waals surface area contributed by atoms with E-state index in [9.17, 15) is 9.59 Å². The summed E-state index contributed by atoms with van der Waals surface area (Å²) in [5.74, 6) is 1.09. The van der Waals surface area contributed by atoms with Crippen LogP contribution in [0.2, 0.25) is 0 Å². The van der Waals surface area contributed by atoms with E-state index in [1.54, 1.807) is 48.5 Å². The maximum atomic E-state index is 13.0. The Morgan fingerprint density at radius 3 is 1.55 bits per heavy atom. The summed E-state index contributed by atoms with van der Waals surface area (Å²) in [6.45, 7) is 1.89. The van der Waals surface area contributed by atoms with Gasteiger partial charge < -0.3 is 29.6 Å². The fourth-order valence-electron chi connectivity index (χ4n) is 3.22. The summed E-state index contributed by atoms with van der Waals surface area (Å²) >= 11 is 0. The lowest BCUT2D eigenvalue weighted by molar-refractivity contribution is 0.101. The van der Waals surface area contributed by atoms with Crippen molar-refractivity contribution in [3.05, 3.63) is 71.3 Å². The standard InChI is InChI=1S/C25H26N2O6/c1-15-6-11-20(26-24(28)18-9-7-16(30-2)13-22(18)32-4)21(12-15)27-25(29)19-10-8-17(31-3)14-23(19)33-5/h6-14H,1-5H3,(H,26,28)(H,27,29). The van der Waals surface area contributed by atoms with E-state index in [2.05, 4.69) is 10.6 Å². The lowest BCUT2D eigenvalue weighted by atomic mass is 10.1. The van der Waals surface area contributed by atoms with Crippen molar-refractivity contribution in [1.29, 1.82) is 0 Å². The molecule has 0 unspecified atom stereocenters. The van der Waals surface area contributed by atoms with Gasteiger partial charge in [0.05, 0.1) is 50.9 Å². The number of nitrogens with one attached hydrogen (secondary N) is 2. The smallest absolute Gasteiger partial charge is 0.259 e. The van der Waals surface area contributed by atoms with Crippen LogP contribution in [0.15, 0.2) is 54.6 Å². The largest absolute Gasteiger partial charge is 0.497 e. The lowest BCUT2D eigenvalue weighted by Gasteiger charge is -2.16. The summed E-state index contributed by atoms with van der Waals surface area (Å²) in [7, 11) is 6.03. The predicted molar refractivity (Wildman–Crippen MR) is 126 cm³/mol. The molecule has 0 radical (unpaired) electrons. The van der Waals surface area contributed by atoms with Gasteiger partial charge in [0.1, 0.15) is 23.0 Å². The van der Waals surface area contributed by atoms with E-state index in [0.717, 1.165) is 5.56 Å². The second-order valence-corrected chi connectivity index (χ2v) is 7.09. The molecule has 0 bridgehead atoms. The molecule has 0 saturated heterocycles. The van der Waals surface area contributed by atoms with Crippen LogP contribution >= 0.6 is 0 Å². The van der Waals surface area contributed by atoms with Gasteiger partial charge in [-0.05, 0) is 48.9 Å². The predicted octanol–water partition coefficient (Wildman–Crippen LogP) is 4.53. The number of rotatable bonds is 8. The number of hydrogen-bond acceptors (Lipinski definition) is 6. The van der Waals surface area contributed by atoms with Crippen molar-refractivity contribution in [2.75, 3.05) is 39.1 Å². The molecule has 172 valence electrons. The summed E-state index contributed by atoms with van der Waals surface area (Å²) in [5.41, 5.74) is 2.44. The van der Waals surface area contributed by atoms with Gasteiger partial charge in [-0.25, -0.2) is 0 Å². The summed E-state index contributed by atoms with van der Waals surface area (Å²) in [4.78, 5) is 26.0. The Labute approximate surface area is 192 Å². The third-order valence-electron chi connectivity index (χ3n) is 4.98. The fraction of sp³-hybridized carbons (Fsp3) is 0.200. The van der Waals surface area contributed by atoms with Gasteiger partial charge in [0.2, 0.25) is 0 Å². The molecule has 8 heteroatoms. The monoisotopic (exact) mass is 450 g/mol. The molecule has 3 aromatic carbocycles. The van der Waals surface area contributed by atoms with E-state index in [0.29, 0.717) is 45.5 Å². The maximum absolute atomic E-state index is 13.0. The molecule has 2 amide bonds. The number of methoxy groups -OCH3 is 4. The summed E-state index contributed by atoms with van der Waals surface area (Å²) in [6, 6.07) is 15.2. The number of ether oxygens (including phenoxy) is 4. The summed E-state index contributed by atoms with van der Waals surface area (Å²) in [6.07, 6.45) is 0. The minimum absolute atomic E-state index is 0.327. The SMILES string of the molecule is COc1ccc(C(=O)Nc2ccc(C)cc2NC(=O)c2ccc(OC)cc2OC)c(OC)c1. The Morgan fingerprint density at radius 2 is 1.09 bits per heavy atom. The number of amides is 2. The molecule has 0 aliphatic carbocycles. The Balaban J connectivity index is 1.89. The van der Waals surface area contributed by atoms with Crippen molar-refractivity contribution in [2.45, 2.75) is 6.92 Å². The first-order valence-corrected chi connectivity index (χ1v) is 10.1. The molecule has 0 atom stereocenters. The molecule has 33 heavy (non-hydrogen) atoms. The van der Waals surface area contributed by atoms with Crippen molar-refractivity contribution in [3.8, 4) is 23.0 Å². The topological polar surface area (TPSA) is 95.1 Å². The maximum Gasteiger partial charge on any atom is 0.259 e. The molecule has 3 aromatic rings. The van der Waals surface area contributed by atoms with E-state index in [4.69, 9.17) is 18.9 Å². The van der Waals surface area contributed by atoms with Crippen LogP contribution in [0.4, 0.5) is 11.4 Å². The first-order valence-electron chi connectivity index (χ1n) is 10.1. The molecule has 0 fully saturated rings. The van der Waals surface area contributed by atoms with Crippen LogP contribution in [0.25, 0.3) is 0 Å². The van der Waals surface area contributed by atoms with E-state index >= 15 is 0 Å². The number of hydrogen-bond donors (Lipinski definition) is 2. The van der Waals surface area contributed by atoms with Gasteiger partial charge in [0.15, 0.2) is 0 Å². The highest BCUT2D eigenvalue weighted by molar-refractivity contribution is 6.11. The zero-order valence-electron chi connectivity index (χ0n) is 19.1. The molecule has 0 saturated carbocycles. The second kappa shape index (κ2) is 10.4. The molecule has 0 spiro atoms. The summed E-state index contributed by atoms with van der Waals surface area (Å²) in [5, 5.41) is 5.70. The van der Waals surface area contributed by atoms with Crippen molar-refractivity contribution in [1.82, 2.24) is 0 Å². The van der Waals surface area contributed by atoms with Gasteiger partial charge in [0, 0.05) is 12.1 Å². The van der Waals surface area contributed by atoms with Gasteiger partial charge in [-0.3, -0.25) is 9.59 Å². The van der Waals surface area contributed by atoms with Crippen molar-refractivity contribution >= 4 is 23.2 Å². The average molecular weight is 450 g/mol. The van der Waals surface area contributed by atoms with Gasteiger partial charge in [-0.2, -0.15) is 0 Å². The molecule has 2 N–H and O–H groups in total. The lowest BCUT2D eigenvalue weighted by Crippen LogP contribution is -2.18. The molecule has 0 aromatic heterocycles. The minimum Gasteiger partial charge on any atom is -0.497 e. The average Bonchev–Trinajstić information content (AvgIpc) is 2.84. The van der Waals surface area contributed by atoms with E-state index < -0.39 is 11.8 Å². The van der Waals surface area contributed by atoms with Crippen LogP contribution in [0.1, 0.15) is 26.3 Å². The third kappa shape index (κ3) is 5.35. The highest BCUT2D eigenvalue weighted by atomic mass is 16.5. The number of carbonyl (C=O) groups excluding carboxylic acids is 2. The Kier molecular flexibility index (Phi) is 7.40. The first kappa shape index (κ1) is 23.5. The Morgan fingerprint density at radius 1 is 0.606 bits per heavy atom. The van der Waals surface area contributed by atoms with E-state index in [-0.39, 0.29) is 0 Å². The molecule has 0 aliphatic rings. The Hall–Kier alpha value is -4.20. The molecule has 3 rings (SSSR count). The summed E-state index contributed by atoms with van der Waals surface area (Å²) < 4.78 is 21.0. The molecule has 0 aliphatic heterocycles. The number of benzene rings is 3. The third-order valence-corrected chi connectivity index (χ3v) is 4.98. The molecule has 8 nitrogen and oxygen atoms in total. The van der Waals surface area contributed by atoms with Crippen LogP contribution in [0.5, 0.6) is 23.0 Å². The Bertz CT molecular complexity index is 1180. The zero-order valence-corrected chi connectivity index (χ0v) is 19.1. The number of carbonyl (C=O) groups is 2. The van der Waals surface area contributed by atoms with Crippen LogP contribution < -0.4 is 29.6 Å². The minimum atomic E-state index is -0.393. The van der Waals surface area contributed by atoms with Crippen LogP contribution in [-0.4, -0.2) is 40.3 Å². The number of anilines is 2.